The summed E-state index contributed by atoms with van der Waals surface area (Å²) in [6, 6.07) is 0.811. The van der Waals surface area contributed by atoms with Crippen molar-refractivity contribution in [2.24, 2.45) is 0 Å². The van der Waals surface area contributed by atoms with Gasteiger partial charge in [-0.15, -0.1) is 11.3 Å². The first-order valence-electron chi connectivity index (χ1n) is 6.82. The third-order valence-electron chi connectivity index (χ3n) is 3.23. The maximum absolute atomic E-state index is 4.73. The van der Waals surface area contributed by atoms with Gasteiger partial charge in [-0.1, -0.05) is 20.8 Å². The van der Waals surface area contributed by atoms with Gasteiger partial charge < -0.3 is 5.32 Å². The molecule has 102 valence electrons. The molecule has 1 aromatic heterocycles. The van der Waals surface area contributed by atoms with Crippen molar-refractivity contribution in [3.63, 3.8) is 0 Å². The highest BCUT2D eigenvalue weighted by atomic mass is 32.1. The zero-order valence-electron chi connectivity index (χ0n) is 12.0. The first-order valence-corrected chi connectivity index (χ1v) is 7.70. The number of aromatic nitrogens is 1. The lowest BCUT2D eigenvalue weighted by Gasteiger charge is -2.16. The van der Waals surface area contributed by atoms with Crippen molar-refractivity contribution in [3.8, 4) is 0 Å². The molecule has 0 aromatic carbocycles. The van der Waals surface area contributed by atoms with Gasteiger partial charge in [0, 0.05) is 29.9 Å². The first kappa shape index (κ1) is 14.0. The predicted octanol–water partition coefficient (Wildman–Crippen LogP) is 2.62. The van der Waals surface area contributed by atoms with Gasteiger partial charge in [-0.3, -0.25) is 4.90 Å². The van der Waals surface area contributed by atoms with E-state index in [0.29, 0.717) is 0 Å². The Morgan fingerprint density at radius 3 is 2.72 bits per heavy atom. The van der Waals surface area contributed by atoms with E-state index in [4.69, 9.17) is 4.98 Å². The van der Waals surface area contributed by atoms with Gasteiger partial charge in [-0.2, -0.15) is 0 Å². The first-order chi connectivity index (χ1) is 8.45. The molecule has 0 atom stereocenters. The summed E-state index contributed by atoms with van der Waals surface area (Å²) in [5.74, 6) is 0. The molecule has 0 spiro atoms. The van der Waals surface area contributed by atoms with Gasteiger partial charge in [-0.05, 0) is 19.9 Å². The standard InChI is InChI=1S/C14H25N3S/c1-14(2,3)12-10-18-13(16-12)9-17(4)8-7-15-11-5-6-11/h10-11,15H,5-9H2,1-4H3. The van der Waals surface area contributed by atoms with Crippen LogP contribution < -0.4 is 5.32 Å². The van der Waals surface area contributed by atoms with Gasteiger partial charge in [0.1, 0.15) is 5.01 Å². The molecule has 0 aliphatic heterocycles. The molecule has 1 aliphatic carbocycles. The van der Waals surface area contributed by atoms with Crippen molar-refractivity contribution in [2.45, 2.75) is 51.6 Å². The van der Waals surface area contributed by atoms with Gasteiger partial charge in [0.2, 0.25) is 0 Å². The number of likely N-dealkylation sites (N-methyl/N-ethyl adjacent to an activating group) is 1. The summed E-state index contributed by atoms with van der Waals surface area (Å²) in [5.41, 5.74) is 1.38. The molecule has 18 heavy (non-hydrogen) atoms. The molecule has 1 aliphatic rings. The third kappa shape index (κ3) is 4.34. The van der Waals surface area contributed by atoms with Crippen molar-refractivity contribution >= 4 is 11.3 Å². The molecular weight excluding hydrogens is 242 g/mol. The van der Waals surface area contributed by atoms with E-state index in [1.54, 1.807) is 11.3 Å². The van der Waals surface area contributed by atoms with Crippen molar-refractivity contribution < 1.29 is 0 Å². The van der Waals surface area contributed by atoms with Gasteiger partial charge >= 0.3 is 0 Å². The Kier molecular flexibility index (Phi) is 4.41. The number of hydrogen-bond donors (Lipinski definition) is 1. The normalized spacial score (nSPS) is 16.5. The fourth-order valence-electron chi connectivity index (χ4n) is 1.78. The highest BCUT2D eigenvalue weighted by Gasteiger charge is 2.20. The summed E-state index contributed by atoms with van der Waals surface area (Å²) in [4.78, 5) is 7.08. The van der Waals surface area contributed by atoms with Gasteiger partial charge in [0.05, 0.1) is 12.2 Å². The van der Waals surface area contributed by atoms with Gasteiger partial charge in [-0.25, -0.2) is 4.98 Å². The van der Waals surface area contributed by atoms with Crippen LogP contribution in [0.25, 0.3) is 0 Å². The fraction of sp³-hybridized carbons (Fsp3) is 0.786. The van der Waals surface area contributed by atoms with Crippen molar-refractivity contribution in [3.05, 3.63) is 16.1 Å². The highest BCUT2D eigenvalue weighted by molar-refractivity contribution is 7.09. The zero-order chi connectivity index (χ0) is 13.2. The quantitative estimate of drug-likeness (QED) is 0.859. The highest BCUT2D eigenvalue weighted by Crippen LogP contribution is 2.24. The Labute approximate surface area is 115 Å². The number of nitrogens with zero attached hydrogens (tertiary/aromatic N) is 2. The van der Waals surface area contributed by atoms with Crippen LogP contribution in [0.4, 0.5) is 0 Å². The maximum atomic E-state index is 4.73. The van der Waals surface area contributed by atoms with Gasteiger partial charge in [0.15, 0.2) is 0 Å². The second-order valence-electron chi connectivity index (χ2n) is 6.34. The molecule has 1 heterocycles. The average molecular weight is 267 g/mol. The summed E-state index contributed by atoms with van der Waals surface area (Å²) < 4.78 is 0. The van der Waals surface area contributed by atoms with E-state index < -0.39 is 0 Å². The minimum Gasteiger partial charge on any atom is -0.313 e. The smallest absolute Gasteiger partial charge is 0.107 e. The molecular formula is C14H25N3S. The van der Waals surface area contributed by atoms with E-state index >= 15 is 0 Å². The summed E-state index contributed by atoms with van der Waals surface area (Å²) >= 11 is 1.78. The Hall–Kier alpha value is -0.450. The molecule has 1 saturated carbocycles. The number of rotatable bonds is 6. The van der Waals surface area contributed by atoms with E-state index in [1.165, 1.54) is 23.5 Å². The van der Waals surface area contributed by atoms with E-state index in [1.807, 2.05) is 0 Å². The summed E-state index contributed by atoms with van der Waals surface area (Å²) in [6.07, 6.45) is 2.73. The van der Waals surface area contributed by atoms with Crippen molar-refractivity contribution in [1.29, 1.82) is 0 Å². The van der Waals surface area contributed by atoms with E-state index in [0.717, 1.165) is 25.7 Å². The van der Waals surface area contributed by atoms with E-state index in [-0.39, 0.29) is 5.41 Å². The summed E-state index contributed by atoms with van der Waals surface area (Å²) in [6.45, 7) is 9.81. The van der Waals surface area contributed by atoms with Crippen LogP contribution in [0, 0.1) is 0 Å². The molecule has 1 fully saturated rings. The molecule has 3 nitrogen and oxygen atoms in total. The monoisotopic (exact) mass is 267 g/mol. The zero-order valence-corrected chi connectivity index (χ0v) is 12.8. The summed E-state index contributed by atoms with van der Waals surface area (Å²) in [5, 5.41) is 6.97. The van der Waals surface area contributed by atoms with Crippen LogP contribution in [0.5, 0.6) is 0 Å². The number of nitrogens with one attached hydrogen (secondary N) is 1. The van der Waals surface area contributed by atoms with Crippen molar-refractivity contribution in [2.75, 3.05) is 20.1 Å². The lowest BCUT2D eigenvalue weighted by molar-refractivity contribution is 0.323. The Morgan fingerprint density at radius 2 is 2.17 bits per heavy atom. The molecule has 2 rings (SSSR count). The lowest BCUT2D eigenvalue weighted by Crippen LogP contribution is -2.30. The lowest BCUT2D eigenvalue weighted by atomic mass is 9.93. The molecule has 1 N–H and O–H groups in total. The second kappa shape index (κ2) is 5.68. The Morgan fingerprint density at radius 1 is 1.44 bits per heavy atom. The molecule has 0 unspecified atom stereocenters. The topological polar surface area (TPSA) is 28.2 Å². The van der Waals surface area contributed by atoms with Crippen LogP contribution in [0.15, 0.2) is 5.38 Å². The molecule has 0 saturated heterocycles. The van der Waals surface area contributed by atoms with Crippen LogP contribution in [-0.2, 0) is 12.0 Å². The third-order valence-corrected chi connectivity index (χ3v) is 4.06. The number of thiazole rings is 1. The van der Waals surface area contributed by atoms with E-state index in [2.05, 4.69) is 43.4 Å². The second-order valence-corrected chi connectivity index (χ2v) is 7.29. The molecule has 0 amide bonds. The molecule has 4 heteroatoms. The Balaban J connectivity index is 1.75. The van der Waals surface area contributed by atoms with E-state index in [9.17, 15) is 0 Å². The SMILES string of the molecule is CN(CCNC1CC1)Cc1nc(C(C)(C)C)cs1. The van der Waals surface area contributed by atoms with Crippen LogP contribution in [-0.4, -0.2) is 36.1 Å². The minimum absolute atomic E-state index is 0.168. The van der Waals surface area contributed by atoms with Crippen molar-refractivity contribution in [1.82, 2.24) is 15.2 Å². The molecule has 0 radical (unpaired) electrons. The Bertz CT molecular complexity index is 377. The fourth-order valence-corrected chi connectivity index (χ4v) is 2.88. The summed E-state index contributed by atoms with van der Waals surface area (Å²) in [7, 11) is 2.17. The van der Waals surface area contributed by atoms with Crippen LogP contribution >= 0.6 is 11.3 Å². The molecule has 0 bridgehead atoms. The van der Waals surface area contributed by atoms with Crippen LogP contribution in [0.2, 0.25) is 0 Å². The van der Waals surface area contributed by atoms with Crippen LogP contribution in [0.1, 0.15) is 44.3 Å². The number of hydrogen-bond acceptors (Lipinski definition) is 4. The average Bonchev–Trinajstić information content (AvgIpc) is 2.94. The van der Waals surface area contributed by atoms with Gasteiger partial charge in [0.25, 0.3) is 0 Å². The maximum Gasteiger partial charge on any atom is 0.107 e. The molecule has 1 aromatic rings. The largest absolute Gasteiger partial charge is 0.313 e. The van der Waals surface area contributed by atoms with Crippen LogP contribution in [0.3, 0.4) is 0 Å². The minimum atomic E-state index is 0.168. The predicted molar refractivity (Wildman–Crippen MR) is 78.2 cm³/mol.